The van der Waals surface area contributed by atoms with Gasteiger partial charge in [-0.2, -0.15) is 0 Å². The fraction of sp³-hybridized carbons (Fsp3) is 0.619. The molecule has 2 aliphatic rings. The van der Waals surface area contributed by atoms with Crippen LogP contribution < -0.4 is 15.4 Å². The van der Waals surface area contributed by atoms with E-state index in [1.54, 1.807) is 0 Å². The van der Waals surface area contributed by atoms with Gasteiger partial charge in [-0.15, -0.1) is 24.0 Å². The van der Waals surface area contributed by atoms with E-state index < -0.39 is 5.60 Å². The fourth-order valence-corrected chi connectivity index (χ4v) is 3.96. The second-order valence-electron chi connectivity index (χ2n) is 8.32. The van der Waals surface area contributed by atoms with E-state index >= 15 is 0 Å². The molecule has 1 amide bonds. The van der Waals surface area contributed by atoms with E-state index in [1.165, 1.54) is 0 Å². The maximum atomic E-state index is 11.8. The van der Waals surface area contributed by atoms with E-state index in [4.69, 9.17) is 9.73 Å². The first kappa shape index (κ1) is 22.8. The highest BCUT2D eigenvalue weighted by Gasteiger charge is 2.42. The van der Waals surface area contributed by atoms with Crippen LogP contribution in [0.5, 0.6) is 5.75 Å². The van der Waals surface area contributed by atoms with Crippen molar-refractivity contribution < 1.29 is 9.53 Å². The first-order valence-electron chi connectivity index (χ1n) is 9.95. The molecule has 1 spiro atoms. The molecule has 7 heteroatoms. The summed E-state index contributed by atoms with van der Waals surface area (Å²) >= 11 is 0. The fourth-order valence-electron chi connectivity index (χ4n) is 3.96. The number of nitrogens with one attached hydrogen (secondary N) is 2. The second kappa shape index (κ2) is 9.80. The Morgan fingerprint density at radius 2 is 2.11 bits per heavy atom. The quantitative estimate of drug-likeness (QED) is 0.371. The van der Waals surface area contributed by atoms with E-state index in [0.29, 0.717) is 13.0 Å². The third-order valence-electron chi connectivity index (χ3n) is 5.24. The topological polar surface area (TPSA) is 66.0 Å². The molecule has 0 aliphatic carbocycles. The van der Waals surface area contributed by atoms with Gasteiger partial charge >= 0.3 is 0 Å². The number of nitrogens with zero attached hydrogens (tertiary/aromatic N) is 2. The zero-order valence-electron chi connectivity index (χ0n) is 17.2. The summed E-state index contributed by atoms with van der Waals surface area (Å²) in [7, 11) is 0. The SMILES string of the molecule is CCNC(=NCC(C)(C)Oc1ccccc1)N1CCCC2(CNC(=O)C2)C1.I. The number of hydrogen-bond donors (Lipinski definition) is 2. The highest BCUT2D eigenvalue weighted by Crippen LogP contribution is 2.36. The first-order chi connectivity index (χ1) is 12.9. The van der Waals surface area contributed by atoms with Gasteiger partial charge < -0.3 is 20.3 Å². The number of guanidine groups is 1. The summed E-state index contributed by atoms with van der Waals surface area (Å²) in [5, 5.41) is 6.43. The average Bonchev–Trinajstić information content (AvgIpc) is 2.99. The molecule has 1 aromatic rings. The Morgan fingerprint density at radius 3 is 2.75 bits per heavy atom. The van der Waals surface area contributed by atoms with Crippen molar-refractivity contribution in [3.63, 3.8) is 0 Å². The molecule has 0 aromatic heterocycles. The molecule has 0 saturated carbocycles. The number of rotatable bonds is 5. The van der Waals surface area contributed by atoms with Gasteiger partial charge in [0.2, 0.25) is 5.91 Å². The van der Waals surface area contributed by atoms with Crippen molar-refractivity contribution in [1.29, 1.82) is 0 Å². The van der Waals surface area contributed by atoms with Gasteiger partial charge in [0.25, 0.3) is 0 Å². The summed E-state index contributed by atoms with van der Waals surface area (Å²) in [6.07, 6.45) is 2.82. The number of hydrogen-bond acceptors (Lipinski definition) is 3. The first-order valence-corrected chi connectivity index (χ1v) is 9.95. The van der Waals surface area contributed by atoms with Crippen LogP contribution in [-0.4, -0.2) is 55.1 Å². The minimum atomic E-state index is -0.402. The lowest BCUT2D eigenvalue weighted by Crippen LogP contribution is -2.51. The zero-order chi connectivity index (χ0) is 19.3. The van der Waals surface area contributed by atoms with Crippen LogP contribution in [0.25, 0.3) is 0 Å². The Kier molecular flexibility index (Phi) is 7.97. The number of benzene rings is 1. The summed E-state index contributed by atoms with van der Waals surface area (Å²) in [6.45, 7) is 10.2. The van der Waals surface area contributed by atoms with Crippen LogP contribution >= 0.6 is 24.0 Å². The molecular weight excluding hydrogens is 467 g/mol. The third-order valence-corrected chi connectivity index (χ3v) is 5.24. The van der Waals surface area contributed by atoms with Crippen LogP contribution in [0.2, 0.25) is 0 Å². The Bertz CT molecular complexity index is 680. The summed E-state index contributed by atoms with van der Waals surface area (Å²) in [6, 6.07) is 9.87. The van der Waals surface area contributed by atoms with Crippen molar-refractivity contribution in [2.75, 3.05) is 32.7 Å². The van der Waals surface area contributed by atoms with Crippen molar-refractivity contribution in [1.82, 2.24) is 15.5 Å². The summed E-state index contributed by atoms with van der Waals surface area (Å²) in [5.74, 6) is 1.95. The molecule has 3 rings (SSSR count). The number of carbonyl (C=O) groups excluding carboxylic acids is 1. The minimum absolute atomic E-state index is 0. The van der Waals surface area contributed by atoms with E-state index in [0.717, 1.165) is 50.7 Å². The standard InChI is InChI=1S/C21H32N4O2.HI/c1-4-22-19(24-14-20(2,3)27-17-9-6-5-7-10-17)25-12-8-11-21(16-25)13-18(26)23-15-21;/h5-7,9-10H,4,8,11-16H2,1-3H3,(H,22,24)(H,23,26);1H. The van der Waals surface area contributed by atoms with Gasteiger partial charge in [-0.1, -0.05) is 18.2 Å². The number of piperidine rings is 1. The molecule has 2 fully saturated rings. The maximum absolute atomic E-state index is 11.8. The van der Waals surface area contributed by atoms with Gasteiger partial charge in [0.1, 0.15) is 11.4 Å². The smallest absolute Gasteiger partial charge is 0.220 e. The largest absolute Gasteiger partial charge is 0.486 e. The van der Waals surface area contributed by atoms with E-state index in [-0.39, 0.29) is 35.3 Å². The predicted molar refractivity (Wildman–Crippen MR) is 123 cm³/mol. The van der Waals surface area contributed by atoms with Crippen molar-refractivity contribution in [2.24, 2.45) is 10.4 Å². The van der Waals surface area contributed by atoms with E-state index in [1.807, 2.05) is 30.3 Å². The van der Waals surface area contributed by atoms with Gasteiger partial charge in [0.05, 0.1) is 6.54 Å². The minimum Gasteiger partial charge on any atom is -0.486 e. The maximum Gasteiger partial charge on any atom is 0.220 e. The summed E-state index contributed by atoms with van der Waals surface area (Å²) in [4.78, 5) is 18.9. The molecule has 28 heavy (non-hydrogen) atoms. The number of para-hydroxylation sites is 1. The number of amides is 1. The highest BCUT2D eigenvalue weighted by atomic mass is 127. The van der Waals surface area contributed by atoms with Crippen molar-refractivity contribution in [3.05, 3.63) is 30.3 Å². The molecule has 156 valence electrons. The Labute approximate surface area is 185 Å². The lowest BCUT2D eigenvalue weighted by Gasteiger charge is -2.41. The number of aliphatic imine (C=N–C) groups is 1. The number of carbonyl (C=O) groups is 1. The van der Waals surface area contributed by atoms with Crippen LogP contribution in [-0.2, 0) is 4.79 Å². The highest BCUT2D eigenvalue weighted by molar-refractivity contribution is 14.0. The van der Waals surface area contributed by atoms with Gasteiger partial charge in [-0.05, 0) is 45.7 Å². The lowest BCUT2D eigenvalue weighted by molar-refractivity contribution is -0.119. The molecule has 2 aliphatic heterocycles. The average molecular weight is 500 g/mol. The lowest BCUT2D eigenvalue weighted by atomic mass is 9.79. The van der Waals surface area contributed by atoms with Gasteiger partial charge in [0.15, 0.2) is 5.96 Å². The van der Waals surface area contributed by atoms with Crippen LogP contribution in [0.1, 0.15) is 40.0 Å². The van der Waals surface area contributed by atoms with Crippen LogP contribution in [0.15, 0.2) is 35.3 Å². The van der Waals surface area contributed by atoms with Crippen molar-refractivity contribution >= 4 is 35.8 Å². The van der Waals surface area contributed by atoms with Crippen LogP contribution in [0, 0.1) is 5.41 Å². The molecule has 2 heterocycles. The monoisotopic (exact) mass is 500 g/mol. The van der Waals surface area contributed by atoms with Crippen LogP contribution in [0.3, 0.4) is 0 Å². The molecule has 1 atom stereocenters. The summed E-state index contributed by atoms with van der Waals surface area (Å²) in [5.41, 5.74) is -0.345. The third kappa shape index (κ3) is 5.99. The number of likely N-dealkylation sites (tertiary alicyclic amines) is 1. The summed E-state index contributed by atoms with van der Waals surface area (Å²) < 4.78 is 6.12. The molecule has 0 radical (unpaired) electrons. The van der Waals surface area contributed by atoms with Gasteiger partial charge in [-0.3, -0.25) is 4.79 Å². The van der Waals surface area contributed by atoms with E-state index in [2.05, 4.69) is 36.3 Å². The Morgan fingerprint density at radius 1 is 1.36 bits per heavy atom. The van der Waals surface area contributed by atoms with Crippen molar-refractivity contribution in [3.8, 4) is 5.75 Å². The van der Waals surface area contributed by atoms with Gasteiger partial charge in [0, 0.05) is 38.0 Å². The zero-order valence-corrected chi connectivity index (χ0v) is 19.5. The molecule has 0 bridgehead atoms. The van der Waals surface area contributed by atoms with E-state index in [9.17, 15) is 4.79 Å². The molecular formula is C21H33IN4O2. The normalized spacial score (nSPS) is 22.6. The molecule has 2 N–H and O–H groups in total. The molecule has 2 saturated heterocycles. The molecule has 1 unspecified atom stereocenters. The number of halogens is 1. The molecule has 6 nitrogen and oxygen atoms in total. The van der Waals surface area contributed by atoms with Crippen molar-refractivity contribution in [2.45, 2.75) is 45.6 Å². The van der Waals surface area contributed by atoms with Gasteiger partial charge in [-0.25, -0.2) is 4.99 Å². The number of ether oxygens (including phenoxy) is 1. The van der Waals surface area contributed by atoms with Crippen LogP contribution in [0.4, 0.5) is 0 Å². The Hall–Kier alpha value is -1.51. The second-order valence-corrected chi connectivity index (χ2v) is 8.32. The predicted octanol–water partition coefficient (Wildman–Crippen LogP) is 3.03. The Balaban J connectivity index is 0.00000280. The molecule has 1 aromatic carbocycles.